The predicted molar refractivity (Wildman–Crippen MR) is 101 cm³/mol. The molecule has 0 radical (unpaired) electrons. The van der Waals surface area contributed by atoms with E-state index in [2.05, 4.69) is 37.9 Å². The van der Waals surface area contributed by atoms with Crippen LogP contribution in [0, 0.1) is 0 Å². The van der Waals surface area contributed by atoms with Crippen LogP contribution < -0.4 is 11.4 Å². The smallest absolute Gasteiger partial charge is 0.333 e. The third-order valence-electron chi connectivity index (χ3n) is 4.40. The standard InChI is InChI=1S/C20H23N3O2/c1-20(2,3)14-7-4-13(5-8-14)6-11-18(24)23-17-10-9-15(21)12-16(17)22-19(23)25/h4-5,7-10,12H,6,11,21H2,1-3H3,(H,22,25). The Kier molecular flexibility index (Phi) is 4.25. The molecule has 0 fully saturated rings. The molecule has 2 aromatic carbocycles. The number of aryl methyl sites for hydroxylation is 1. The number of benzene rings is 2. The van der Waals surface area contributed by atoms with Crippen LogP contribution in [-0.2, 0) is 11.8 Å². The van der Waals surface area contributed by atoms with Gasteiger partial charge in [0.05, 0.1) is 11.0 Å². The number of nitrogens with one attached hydrogen (secondary N) is 1. The lowest BCUT2D eigenvalue weighted by Gasteiger charge is -2.19. The van der Waals surface area contributed by atoms with E-state index >= 15 is 0 Å². The van der Waals surface area contributed by atoms with E-state index in [0.717, 1.165) is 5.56 Å². The van der Waals surface area contributed by atoms with Crippen LogP contribution in [0.1, 0.15) is 43.1 Å². The van der Waals surface area contributed by atoms with Crippen LogP contribution in [0.5, 0.6) is 0 Å². The third-order valence-corrected chi connectivity index (χ3v) is 4.40. The number of nitrogens with zero attached hydrogens (tertiary/aromatic N) is 1. The zero-order valence-corrected chi connectivity index (χ0v) is 14.8. The lowest BCUT2D eigenvalue weighted by Crippen LogP contribution is -2.24. The molecule has 0 spiro atoms. The summed E-state index contributed by atoms with van der Waals surface area (Å²) in [5, 5.41) is 0. The second-order valence-electron chi connectivity index (χ2n) is 7.38. The molecule has 0 unspecified atom stereocenters. The summed E-state index contributed by atoms with van der Waals surface area (Å²) in [7, 11) is 0. The fraction of sp³-hybridized carbons (Fsp3) is 0.300. The topological polar surface area (TPSA) is 80.9 Å². The minimum Gasteiger partial charge on any atom is -0.399 e. The number of fused-ring (bicyclic) bond motifs is 1. The molecule has 25 heavy (non-hydrogen) atoms. The Morgan fingerprint density at radius 3 is 2.44 bits per heavy atom. The van der Waals surface area contributed by atoms with E-state index in [1.165, 1.54) is 10.1 Å². The minimum atomic E-state index is -0.423. The Labute approximate surface area is 146 Å². The van der Waals surface area contributed by atoms with Crippen molar-refractivity contribution < 1.29 is 4.79 Å². The molecule has 3 rings (SSSR count). The van der Waals surface area contributed by atoms with Gasteiger partial charge in [-0.1, -0.05) is 45.0 Å². The van der Waals surface area contributed by atoms with Gasteiger partial charge in [0.2, 0.25) is 5.91 Å². The first-order valence-electron chi connectivity index (χ1n) is 8.38. The highest BCUT2D eigenvalue weighted by Gasteiger charge is 2.15. The van der Waals surface area contributed by atoms with Crippen molar-refractivity contribution in [2.75, 3.05) is 5.73 Å². The monoisotopic (exact) mass is 337 g/mol. The fourth-order valence-corrected chi connectivity index (χ4v) is 2.91. The van der Waals surface area contributed by atoms with Gasteiger partial charge in [-0.2, -0.15) is 0 Å². The lowest BCUT2D eigenvalue weighted by atomic mass is 9.86. The van der Waals surface area contributed by atoms with Crippen molar-refractivity contribution >= 4 is 22.6 Å². The summed E-state index contributed by atoms with van der Waals surface area (Å²) in [6.45, 7) is 6.51. The zero-order chi connectivity index (χ0) is 18.2. The van der Waals surface area contributed by atoms with Crippen LogP contribution >= 0.6 is 0 Å². The number of nitrogen functional groups attached to an aromatic ring is 1. The highest BCUT2D eigenvalue weighted by Crippen LogP contribution is 2.22. The van der Waals surface area contributed by atoms with Gasteiger partial charge in [0.1, 0.15) is 0 Å². The van der Waals surface area contributed by atoms with Gasteiger partial charge in [0.25, 0.3) is 0 Å². The maximum absolute atomic E-state index is 12.5. The lowest BCUT2D eigenvalue weighted by molar-refractivity contribution is 0.0904. The number of carbonyl (C=O) groups is 1. The van der Waals surface area contributed by atoms with Gasteiger partial charge >= 0.3 is 5.69 Å². The van der Waals surface area contributed by atoms with Crippen LogP contribution in [0.4, 0.5) is 5.69 Å². The molecular formula is C20H23N3O2. The summed E-state index contributed by atoms with van der Waals surface area (Å²) >= 11 is 0. The molecule has 3 N–H and O–H groups in total. The summed E-state index contributed by atoms with van der Waals surface area (Å²) < 4.78 is 1.19. The number of anilines is 1. The van der Waals surface area contributed by atoms with Crippen LogP contribution in [0.2, 0.25) is 0 Å². The van der Waals surface area contributed by atoms with Crippen molar-refractivity contribution in [1.82, 2.24) is 9.55 Å². The number of hydrogen-bond acceptors (Lipinski definition) is 3. The number of imidazole rings is 1. The molecule has 0 saturated carbocycles. The van der Waals surface area contributed by atoms with E-state index in [1.54, 1.807) is 18.2 Å². The van der Waals surface area contributed by atoms with Crippen molar-refractivity contribution in [3.05, 3.63) is 64.1 Å². The van der Waals surface area contributed by atoms with Gasteiger partial charge < -0.3 is 10.7 Å². The summed E-state index contributed by atoms with van der Waals surface area (Å²) in [5.74, 6) is -0.221. The first-order chi connectivity index (χ1) is 11.8. The average molecular weight is 337 g/mol. The van der Waals surface area contributed by atoms with E-state index in [-0.39, 0.29) is 17.7 Å². The maximum Gasteiger partial charge on any atom is 0.333 e. The molecule has 5 heteroatoms. The number of nitrogens with two attached hydrogens (primary N) is 1. The van der Waals surface area contributed by atoms with E-state index in [9.17, 15) is 9.59 Å². The zero-order valence-electron chi connectivity index (χ0n) is 14.8. The number of rotatable bonds is 3. The van der Waals surface area contributed by atoms with Crippen molar-refractivity contribution in [2.45, 2.75) is 39.0 Å². The number of H-pyrrole nitrogens is 1. The quantitative estimate of drug-likeness (QED) is 0.718. The number of carbonyl (C=O) groups excluding carboxylic acids is 1. The minimum absolute atomic E-state index is 0.105. The summed E-state index contributed by atoms with van der Waals surface area (Å²) in [4.78, 5) is 27.3. The summed E-state index contributed by atoms with van der Waals surface area (Å²) in [6.07, 6.45) is 0.865. The molecule has 0 aliphatic rings. The Bertz CT molecular complexity index is 973. The second-order valence-corrected chi connectivity index (χ2v) is 7.38. The maximum atomic E-state index is 12.5. The van der Waals surface area contributed by atoms with Gasteiger partial charge in [-0.25, -0.2) is 9.36 Å². The Morgan fingerprint density at radius 2 is 1.80 bits per heavy atom. The number of aromatic amines is 1. The first kappa shape index (κ1) is 17.0. The van der Waals surface area contributed by atoms with Crippen molar-refractivity contribution in [1.29, 1.82) is 0 Å². The fourth-order valence-electron chi connectivity index (χ4n) is 2.91. The average Bonchev–Trinajstić information content (AvgIpc) is 2.87. The molecule has 0 saturated heterocycles. The molecule has 1 heterocycles. The molecule has 1 aromatic heterocycles. The third kappa shape index (κ3) is 3.50. The summed E-state index contributed by atoms with van der Waals surface area (Å²) in [5.41, 5.74) is 9.43. The van der Waals surface area contributed by atoms with Gasteiger partial charge in [0, 0.05) is 12.1 Å². The largest absolute Gasteiger partial charge is 0.399 e. The van der Waals surface area contributed by atoms with Crippen LogP contribution in [0.3, 0.4) is 0 Å². The molecule has 0 aliphatic carbocycles. The van der Waals surface area contributed by atoms with E-state index in [0.29, 0.717) is 23.1 Å². The highest BCUT2D eigenvalue weighted by atomic mass is 16.2. The van der Waals surface area contributed by atoms with E-state index in [1.807, 2.05) is 12.1 Å². The molecule has 0 aliphatic heterocycles. The SMILES string of the molecule is CC(C)(C)c1ccc(CCC(=O)n2c(=O)[nH]c3cc(N)ccc32)cc1. The van der Waals surface area contributed by atoms with Crippen LogP contribution in [0.15, 0.2) is 47.3 Å². The Morgan fingerprint density at radius 1 is 1.12 bits per heavy atom. The molecule has 0 amide bonds. The molecular weight excluding hydrogens is 314 g/mol. The van der Waals surface area contributed by atoms with Crippen molar-refractivity contribution in [3.63, 3.8) is 0 Å². The van der Waals surface area contributed by atoms with Gasteiger partial charge in [0.15, 0.2) is 0 Å². The van der Waals surface area contributed by atoms with Crippen molar-refractivity contribution in [2.24, 2.45) is 0 Å². The molecule has 130 valence electrons. The van der Waals surface area contributed by atoms with Gasteiger partial charge in [-0.3, -0.25) is 4.79 Å². The van der Waals surface area contributed by atoms with Gasteiger partial charge in [-0.05, 0) is 41.2 Å². The Hall–Kier alpha value is -2.82. The predicted octanol–water partition coefficient (Wildman–Crippen LogP) is 3.48. The van der Waals surface area contributed by atoms with Crippen LogP contribution in [-0.4, -0.2) is 15.5 Å². The number of hydrogen-bond donors (Lipinski definition) is 2. The van der Waals surface area contributed by atoms with Gasteiger partial charge in [-0.15, -0.1) is 0 Å². The number of aromatic nitrogens is 2. The van der Waals surface area contributed by atoms with Crippen LogP contribution in [0.25, 0.3) is 11.0 Å². The molecule has 3 aromatic rings. The highest BCUT2D eigenvalue weighted by molar-refractivity contribution is 5.91. The van der Waals surface area contributed by atoms with E-state index in [4.69, 9.17) is 5.73 Å². The summed E-state index contributed by atoms with van der Waals surface area (Å²) in [6, 6.07) is 13.3. The second kappa shape index (κ2) is 6.24. The normalized spacial score (nSPS) is 11.8. The Balaban J connectivity index is 1.77. The van der Waals surface area contributed by atoms with Crippen molar-refractivity contribution in [3.8, 4) is 0 Å². The molecule has 0 atom stereocenters. The molecule has 5 nitrogen and oxygen atoms in total. The first-order valence-corrected chi connectivity index (χ1v) is 8.38. The molecule has 0 bridgehead atoms. The van der Waals surface area contributed by atoms with E-state index < -0.39 is 5.69 Å².